The first-order valence-corrected chi connectivity index (χ1v) is 7.23. The molecule has 6 heteroatoms. The Bertz CT molecular complexity index is 535. The normalized spacial score (nSPS) is 18.9. The molecule has 0 saturated carbocycles. The molecule has 1 heterocycles. The molecule has 1 N–H and O–H groups in total. The minimum Gasteiger partial charge on any atom is -0.481 e. The van der Waals surface area contributed by atoms with Crippen molar-refractivity contribution >= 4 is 27.8 Å². The van der Waals surface area contributed by atoms with Crippen LogP contribution in [0.25, 0.3) is 0 Å². The van der Waals surface area contributed by atoms with Crippen LogP contribution in [0.15, 0.2) is 22.7 Å². The van der Waals surface area contributed by atoms with Gasteiger partial charge in [-0.3, -0.25) is 9.59 Å². The maximum Gasteiger partial charge on any atom is 0.303 e. The summed E-state index contributed by atoms with van der Waals surface area (Å²) in [4.78, 5) is 24.7. The summed E-state index contributed by atoms with van der Waals surface area (Å²) in [5, 5.41) is 8.83. The van der Waals surface area contributed by atoms with Crippen LogP contribution in [0.5, 0.6) is 0 Å². The molecule has 0 aromatic heterocycles. The molecule has 1 atom stereocenters. The highest BCUT2D eigenvalue weighted by atomic mass is 79.9. The molecule has 1 aromatic carbocycles. The van der Waals surface area contributed by atoms with Gasteiger partial charge in [0.05, 0.1) is 10.0 Å². The Hall–Kier alpha value is -1.43. The third kappa shape index (κ3) is 3.36. The maximum absolute atomic E-state index is 13.5. The largest absolute Gasteiger partial charge is 0.481 e. The first-order chi connectivity index (χ1) is 9.49. The second-order valence-corrected chi connectivity index (χ2v) is 5.75. The lowest BCUT2D eigenvalue weighted by molar-refractivity contribution is -0.138. The number of nitrogens with zero attached hydrogens (tertiary/aromatic N) is 1. The average molecular weight is 344 g/mol. The zero-order chi connectivity index (χ0) is 14.7. The van der Waals surface area contributed by atoms with Crippen molar-refractivity contribution in [2.75, 3.05) is 13.1 Å². The Morgan fingerprint density at radius 3 is 2.90 bits per heavy atom. The second-order valence-electron chi connectivity index (χ2n) is 4.96. The van der Waals surface area contributed by atoms with E-state index in [1.54, 1.807) is 11.0 Å². The number of benzene rings is 1. The van der Waals surface area contributed by atoms with Gasteiger partial charge in [-0.05, 0) is 46.8 Å². The van der Waals surface area contributed by atoms with Gasteiger partial charge in [0.2, 0.25) is 0 Å². The van der Waals surface area contributed by atoms with Crippen LogP contribution >= 0.6 is 15.9 Å². The molecule has 1 unspecified atom stereocenters. The van der Waals surface area contributed by atoms with Crippen LogP contribution in [-0.2, 0) is 4.79 Å². The van der Waals surface area contributed by atoms with Gasteiger partial charge in [0, 0.05) is 19.5 Å². The molecule has 4 nitrogen and oxygen atoms in total. The lowest BCUT2D eigenvalue weighted by atomic mass is 9.94. The Labute approximate surface area is 124 Å². The lowest BCUT2D eigenvalue weighted by Gasteiger charge is -2.32. The summed E-state index contributed by atoms with van der Waals surface area (Å²) in [5.41, 5.74) is 0.279. The molecule has 0 aliphatic carbocycles. The number of halogens is 2. The highest BCUT2D eigenvalue weighted by molar-refractivity contribution is 9.10. The molecule has 20 heavy (non-hydrogen) atoms. The van der Waals surface area contributed by atoms with E-state index < -0.39 is 11.8 Å². The van der Waals surface area contributed by atoms with Crippen molar-refractivity contribution in [1.29, 1.82) is 0 Å². The number of rotatable bonds is 3. The van der Waals surface area contributed by atoms with Crippen LogP contribution in [-0.4, -0.2) is 35.0 Å². The summed E-state index contributed by atoms with van der Waals surface area (Å²) >= 11 is 3.09. The van der Waals surface area contributed by atoms with Gasteiger partial charge in [-0.15, -0.1) is 0 Å². The summed E-state index contributed by atoms with van der Waals surface area (Å²) in [7, 11) is 0. The number of hydrogen-bond donors (Lipinski definition) is 1. The summed E-state index contributed by atoms with van der Waals surface area (Å²) in [6, 6.07) is 4.34. The first kappa shape index (κ1) is 15.0. The Morgan fingerprint density at radius 2 is 2.20 bits per heavy atom. The zero-order valence-electron chi connectivity index (χ0n) is 10.8. The highest BCUT2D eigenvalue weighted by Gasteiger charge is 2.27. The van der Waals surface area contributed by atoms with Crippen LogP contribution in [0, 0.1) is 11.7 Å². The molecule has 1 fully saturated rings. The van der Waals surface area contributed by atoms with Crippen molar-refractivity contribution in [3.8, 4) is 0 Å². The Balaban J connectivity index is 2.12. The van der Waals surface area contributed by atoms with Gasteiger partial charge >= 0.3 is 5.97 Å². The molecule has 1 aliphatic rings. The molecule has 108 valence electrons. The molecular formula is C14H15BrFNO3. The van der Waals surface area contributed by atoms with E-state index in [0.717, 1.165) is 12.8 Å². The van der Waals surface area contributed by atoms with E-state index in [-0.39, 0.29) is 28.3 Å². The quantitative estimate of drug-likeness (QED) is 0.917. The highest BCUT2D eigenvalue weighted by Crippen LogP contribution is 2.25. The van der Waals surface area contributed by atoms with Crippen molar-refractivity contribution in [3.63, 3.8) is 0 Å². The monoisotopic (exact) mass is 343 g/mol. The number of carboxylic acid groups (broad SMARTS) is 1. The molecule has 1 saturated heterocycles. The second kappa shape index (κ2) is 6.35. The minimum absolute atomic E-state index is 0.0301. The summed E-state index contributed by atoms with van der Waals surface area (Å²) in [6.07, 6.45) is 1.64. The Kier molecular flexibility index (Phi) is 4.75. The van der Waals surface area contributed by atoms with Crippen LogP contribution in [0.2, 0.25) is 0 Å². The van der Waals surface area contributed by atoms with Crippen molar-refractivity contribution < 1.29 is 19.1 Å². The standard InChI is InChI=1S/C14H15BrFNO3/c15-13-10(4-1-5-11(13)16)14(20)17-6-2-3-9(8-17)7-12(18)19/h1,4-5,9H,2-3,6-8H2,(H,18,19). The number of hydrogen-bond acceptors (Lipinski definition) is 2. The summed E-state index contributed by atoms with van der Waals surface area (Å²) in [6.45, 7) is 0.992. The number of amides is 1. The van der Waals surface area contributed by atoms with E-state index in [0.29, 0.717) is 13.1 Å². The van der Waals surface area contributed by atoms with Crippen molar-refractivity contribution in [2.24, 2.45) is 5.92 Å². The molecule has 2 rings (SSSR count). The van der Waals surface area contributed by atoms with Crippen molar-refractivity contribution in [3.05, 3.63) is 34.1 Å². The van der Waals surface area contributed by atoms with E-state index in [1.165, 1.54) is 12.1 Å². The van der Waals surface area contributed by atoms with Gasteiger partial charge < -0.3 is 10.0 Å². The van der Waals surface area contributed by atoms with Crippen LogP contribution in [0.1, 0.15) is 29.6 Å². The summed E-state index contributed by atoms with van der Waals surface area (Å²) in [5.74, 6) is -1.62. The predicted molar refractivity (Wildman–Crippen MR) is 75.0 cm³/mol. The summed E-state index contributed by atoms with van der Waals surface area (Å²) < 4.78 is 13.6. The molecule has 1 aliphatic heterocycles. The van der Waals surface area contributed by atoms with Gasteiger partial charge in [0.1, 0.15) is 5.82 Å². The fourth-order valence-corrected chi connectivity index (χ4v) is 2.94. The molecule has 0 spiro atoms. The van der Waals surface area contributed by atoms with Crippen molar-refractivity contribution in [2.45, 2.75) is 19.3 Å². The third-order valence-corrected chi connectivity index (χ3v) is 4.26. The van der Waals surface area contributed by atoms with Crippen LogP contribution < -0.4 is 0 Å². The SMILES string of the molecule is O=C(O)CC1CCCN(C(=O)c2cccc(F)c2Br)C1. The van der Waals surface area contributed by atoms with Gasteiger partial charge in [0.15, 0.2) is 0 Å². The van der Waals surface area contributed by atoms with Gasteiger partial charge in [-0.25, -0.2) is 4.39 Å². The molecule has 0 radical (unpaired) electrons. The Morgan fingerprint density at radius 1 is 1.45 bits per heavy atom. The third-order valence-electron chi connectivity index (χ3n) is 3.45. The van der Waals surface area contributed by atoms with E-state index in [4.69, 9.17) is 5.11 Å². The molecule has 1 amide bonds. The van der Waals surface area contributed by atoms with E-state index in [1.807, 2.05) is 0 Å². The van der Waals surface area contributed by atoms with Crippen molar-refractivity contribution in [1.82, 2.24) is 4.90 Å². The topological polar surface area (TPSA) is 57.6 Å². The number of carbonyl (C=O) groups excluding carboxylic acids is 1. The fraction of sp³-hybridized carbons (Fsp3) is 0.429. The van der Waals surface area contributed by atoms with Crippen LogP contribution in [0.4, 0.5) is 4.39 Å². The molecular weight excluding hydrogens is 329 g/mol. The van der Waals surface area contributed by atoms with Gasteiger partial charge in [0.25, 0.3) is 5.91 Å². The molecule has 1 aromatic rings. The zero-order valence-corrected chi connectivity index (χ0v) is 12.4. The van der Waals surface area contributed by atoms with Crippen LogP contribution in [0.3, 0.4) is 0 Å². The maximum atomic E-state index is 13.5. The van der Waals surface area contributed by atoms with Gasteiger partial charge in [-0.2, -0.15) is 0 Å². The van der Waals surface area contributed by atoms with Gasteiger partial charge in [-0.1, -0.05) is 6.07 Å². The minimum atomic E-state index is -0.851. The average Bonchev–Trinajstić information content (AvgIpc) is 2.41. The van der Waals surface area contributed by atoms with E-state index >= 15 is 0 Å². The predicted octanol–water partition coefficient (Wildman–Crippen LogP) is 2.92. The lowest BCUT2D eigenvalue weighted by Crippen LogP contribution is -2.40. The number of piperidine rings is 1. The fourth-order valence-electron chi connectivity index (χ4n) is 2.50. The number of aliphatic carboxylic acids is 1. The first-order valence-electron chi connectivity index (χ1n) is 6.44. The molecule has 0 bridgehead atoms. The van der Waals surface area contributed by atoms with E-state index in [9.17, 15) is 14.0 Å². The number of carboxylic acids is 1. The van der Waals surface area contributed by atoms with E-state index in [2.05, 4.69) is 15.9 Å². The smallest absolute Gasteiger partial charge is 0.303 e. The number of likely N-dealkylation sites (tertiary alicyclic amines) is 1. The number of carbonyl (C=O) groups is 2.